The van der Waals surface area contributed by atoms with Crippen molar-refractivity contribution in [3.63, 3.8) is 0 Å². The molecule has 8 rings (SSSR count). The number of hydrogen-bond donors (Lipinski definition) is 6. The molecule has 88 heavy (non-hydrogen) atoms. The maximum Gasteiger partial charge on any atom is 0.407 e. The van der Waals surface area contributed by atoms with Gasteiger partial charge in [-0.05, 0) is 171 Å². The van der Waals surface area contributed by atoms with E-state index in [-0.39, 0.29) is 71.4 Å². The number of nitrogens with zero attached hydrogens (tertiary/aromatic N) is 2. The first-order valence-corrected chi connectivity index (χ1v) is 33.5. The van der Waals surface area contributed by atoms with Crippen LogP contribution in [0.4, 0.5) is 14.0 Å². The molecule has 2 saturated heterocycles. The zero-order valence-corrected chi connectivity index (χ0v) is 53.8. The fourth-order valence-electron chi connectivity index (χ4n) is 11.0. The average molecular weight is 1290 g/mol. The number of nitrogens with two attached hydrogens (primary N) is 2. The fraction of sp³-hybridized carbons (Fsp3) is 0.581. The number of ether oxygens (including phenoxy) is 8. The second kappa shape index (κ2) is 33.2. The number of carbonyl (C=O) groups excluding carboxylic acids is 2. The van der Waals surface area contributed by atoms with Gasteiger partial charge in [0.15, 0.2) is 0 Å². The molecule has 4 aliphatic rings. The number of carbonyl (C=O) groups is 2. The van der Waals surface area contributed by atoms with Crippen molar-refractivity contribution in [3.8, 4) is 11.5 Å². The predicted octanol–water partition coefficient (Wildman–Crippen LogP) is 6.77. The summed E-state index contributed by atoms with van der Waals surface area (Å²) in [4.78, 5) is 29.7. The van der Waals surface area contributed by atoms with E-state index in [1.165, 1.54) is 23.8 Å². The molecule has 488 valence electrons. The molecular weight excluding hydrogens is 1200 g/mol. The van der Waals surface area contributed by atoms with Crippen LogP contribution in [0.3, 0.4) is 0 Å². The Kier molecular flexibility index (Phi) is 26.5. The Morgan fingerprint density at radius 1 is 0.591 bits per heavy atom. The van der Waals surface area contributed by atoms with Gasteiger partial charge in [-0.15, -0.1) is 0 Å². The van der Waals surface area contributed by atoms with Gasteiger partial charge < -0.3 is 60.0 Å². The van der Waals surface area contributed by atoms with Crippen LogP contribution in [0.1, 0.15) is 102 Å². The number of hydrogen-bond acceptors (Lipinski definition) is 18. The van der Waals surface area contributed by atoms with Crippen molar-refractivity contribution in [2.24, 2.45) is 11.5 Å². The Morgan fingerprint density at radius 3 is 1.48 bits per heavy atom. The Morgan fingerprint density at radius 2 is 1.02 bits per heavy atom. The molecule has 2 heterocycles. The molecule has 2 fully saturated rings. The Balaban J connectivity index is 0.000000251. The van der Waals surface area contributed by atoms with Crippen LogP contribution in [0.25, 0.3) is 0 Å². The summed E-state index contributed by atoms with van der Waals surface area (Å²) in [5.74, 6) is 0.624. The van der Waals surface area contributed by atoms with E-state index in [9.17, 15) is 26.4 Å². The van der Waals surface area contributed by atoms with Crippen molar-refractivity contribution in [2.75, 3.05) is 105 Å². The first-order chi connectivity index (χ1) is 41.9. The lowest BCUT2D eigenvalue weighted by Gasteiger charge is -2.39. The second-order valence-corrected chi connectivity index (χ2v) is 28.0. The summed E-state index contributed by atoms with van der Waals surface area (Å²) in [6.45, 7) is 17.9. The van der Waals surface area contributed by atoms with Crippen LogP contribution < -0.4 is 41.0 Å². The minimum Gasteiger partial charge on any atom is -0.484 e. The molecule has 0 aromatic heterocycles. The van der Waals surface area contributed by atoms with Crippen LogP contribution in [0, 0.1) is 5.82 Å². The third-order valence-electron chi connectivity index (χ3n) is 14.8. The molecule has 0 saturated carbocycles. The number of piperidine rings is 2. The SMILES string of the molecule is CC(C)(C)OC(=O)NC1CCCN([C@H]2Cc3c(F)cc(Cl)cc3[C@@H]2Oc2ccc(S(=O)(=O)NCCOCCOCCN)cc2)C1.CC(C)(C)OC(=O)NC1CCCN([C@H]2Cc3ccccc3[C@@H]2Oc2ccc(S(=O)(=O)NCCOCCOCCN)cc2)C1. The summed E-state index contributed by atoms with van der Waals surface area (Å²) >= 11 is 6.26. The zero-order chi connectivity index (χ0) is 63.5. The summed E-state index contributed by atoms with van der Waals surface area (Å²) in [6, 6.07) is 23.6. The number of alkyl carbamates (subject to hydrolysis) is 2. The third-order valence-corrected chi connectivity index (χ3v) is 18.0. The van der Waals surface area contributed by atoms with E-state index in [0.29, 0.717) is 94.9 Å². The minimum absolute atomic E-state index is 0.0140. The molecule has 4 aromatic carbocycles. The Hall–Kier alpha value is -5.26. The van der Waals surface area contributed by atoms with Crippen LogP contribution in [0.2, 0.25) is 5.02 Å². The zero-order valence-electron chi connectivity index (χ0n) is 51.4. The lowest BCUT2D eigenvalue weighted by molar-refractivity contribution is 0.0353. The average Bonchev–Trinajstić information content (AvgIpc) is 1.73. The van der Waals surface area contributed by atoms with E-state index in [4.69, 9.17) is 61.0 Å². The molecule has 4 aromatic rings. The van der Waals surface area contributed by atoms with Crippen molar-refractivity contribution in [2.45, 2.75) is 137 Å². The van der Waals surface area contributed by atoms with Gasteiger partial charge in [-0.1, -0.05) is 35.9 Å². The molecule has 2 aliphatic heterocycles. The highest BCUT2D eigenvalue weighted by atomic mass is 35.5. The number of amides is 2. The molecule has 26 heteroatoms. The lowest BCUT2D eigenvalue weighted by Crippen LogP contribution is -2.53. The Labute approximate surface area is 523 Å². The maximum absolute atomic E-state index is 15.1. The minimum atomic E-state index is -3.77. The van der Waals surface area contributed by atoms with Crippen LogP contribution >= 0.6 is 11.6 Å². The van der Waals surface area contributed by atoms with E-state index in [0.717, 1.165) is 50.8 Å². The van der Waals surface area contributed by atoms with Crippen molar-refractivity contribution >= 4 is 43.8 Å². The van der Waals surface area contributed by atoms with Crippen molar-refractivity contribution < 1.29 is 68.7 Å². The van der Waals surface area contributed by atoms with Gasteiger partial charge in [0.05, 0.1) is 74.7 Å². The van der Waals surface area contributed by atoms with Crippen LogP contribution in [-0.2, 0) is 61.3 Å². The molecular formula is C62H90ClFN8O14S2. The molecule has 0 spiro atoms. The normalized spacial score (nSPS) is 20.7. The largest absolute Gasteiger partial charge is 0.484 e. The van der Waals surface area contributed by atoms with Crippen molar-refractivity contribution in [1.29, 1.82) is 0 Å². The van der Waals surface area contributed by atoms with E-state index in [2.05, 4.69) is 42.0 Å². The molecule has 8 N–H and O–H groups in total. The highest BCUT2D eigenvalue weighted by molar-refractivity contribution is 7.89. The summed E-state index contributed by atoms with van der Waals surface area (Å²) in [7, 11) is -7.47. The standard InChI is InChI=1S/C31H44ClFN4O7S.C31H46N4O7S/c1-31(2,3)44-30(38)36-22-5-4-12-37(20-22)28-19-25-26(17-21(32)18-27(25)33)29(28)43-23-6-8-24(9-7-23)45(39,40)35-11-14-42-16-15-41-13-10-34;1-31(2,3)42-30(36)34-24-8-6-16-35(22-24)28-21-23-7-4-5-9-27(23)29(28)41-25-10-12-26(13-11-25)43(37,38)33-15-18-40-20-19-39-17-14-32/h6-9,17-18,22,28-29,35H,4-5,10-16,19-20,34H2,1-3H3,(H,36,38);4-5,7,9-13,24,28-29,33H,6,8,14-22,32H2,1-3H3,(H,34,36)/t22?,28-,29-;24?,28-,29-/m00/s1. The van der Waals surface area contributed by atoms with E-state index in [1.807, 2.05) is 53.7 Å². The monoisotopic (exact) mass is 1290 g/mol. The van der Waals surface area contributed by atoms with E-state index >= 15 is 4.39 Å². The van der Waals surface area contributed by atoms with Gasteiger partial charge in [-0.2, -0.15) is 0 Å². The van der Waals surface area contributed by atoms with Crippen molar-refractivity contribution in [1.82, 2.24) is 29.9 Å². The molecule has 0 radical (unpaired) electrons. The van der Waals surface area contributed by atoms with Gasteiger partial charge in [0, 0.05) is 61.9 Å². The number of fused-ring (bicyclic) bond motifs is 2. The smallest absolute Gasteiger partial charge is 0.407 e. The summed E-state index contributed by atoms with van der Waals surface area (Å²) in [5, 5.41) is 6.28. The lowest BCUT2D eigenvalue weighted by atomic mass is 10.0. The topological polar surface area (TPSA) is 283 Å². The first-order valence-electron chi connectivity index (χ1n) is 30.2. The number of nitrogens with one attached hydrogen (secondary N) is 4. The highest BCUT2D eigenvalue weighted by Gasteiger charge is 2.43. The number of benzene rings is 4. The fourth-order valence-corrected chi connectivity index (χ4v) is 13.3. The second-order valence-electron chi connectivity index (χ2n) is 24.0. The van der Waals surface area contributed by atoms with Crippen molar-refractivity contribution in [3.05, 3.63) is 118 Å². The van der Waals surface area contributed by atoms with E-state index < -0.39 is 55.4 Å². The molecule has 2 aliphatic carbocycles. The van der Waals surface area contributed by atoms with Gasteiger partial charge in [0.2, 0.25) is 20.0 Å². The molecule has 6 atom stereocenters. The van der Waals surface area contributed by atoms with E-state index in [1.54, 1.807) is 42.5 Å². The quantitative estimate of drug-likeness (QED) is 0.0320. The number of halogens is 2. The highest BCUT2D eigenvalue weighted by Crippen LogP contribution is 2.42. The number of sulfonamides is 2. The van der Waals surface area contributed by atoms with Crippen LogP contribution in [0.15, 0.2) is 94.7 Å². The van der Waals surface area contributed by atoms with Gasteiger partial charge in [-0.25, -0.2) is 40.3 Å². The molecule has 2 amide bonds. The van der Waals surface area contributed by atoms with Crippen LogP contribution in [-0.4, -0.2) is 179 Å². The summed E-state index contributed by atoms with van der Waals surface area (Å²) in [6.07, 6.45) is 3.02. The van der Waals surface area contributed by atoms with Gasteiger partial charge in [0.1, 0.15) is 40.7 Å². The Bertz CT molecular complexity index is 3090. The maximum atomic E-state index is 15.1. The van der Waals surface area contributed by atoms with Gasteiger partial charge in [-0.3, -0.25) is 9.80 Å². The molecule has 0 bridgehead atoms. The molecule has 2 unspecified atom stereocenters. The first kappa shape index (κ1) is 70.2. The number of rotatable bonds is 28. The summed E-state index contributed by atoms with van der Waals surface area (Å²) < 4.78 is 116. The predicted molar refractivity (Wildman–Crippen MR) is 332 cm³/mol. The van der Waals surface area contributed by atoms with Crippen LogP contribution in [0.5, 0.6) is 11.5 Å². The third kappa shape index (κ3) is 21.7. The van der Waals surface area contributed by atoms with Gasteiger partial charge >= 0.3 is 12.2 Å². The summed E-state index contributed by atoms with van der Waals surface area (Å²) in [5.41, 5.74) is 13.1. The molecule has 22 nitrogen and oxygen atoms in total. The number of likely N-dealkylation sites (tertiary alicyclic amines) is 2. The van der Waals surface area contributed by atoms with Gasteiger partial charge in [0.25, 0.3) is 0 Å².